The van der Waals surface area contributed by atoms with Crippen LogP contribution in [-0.2, 0) is 30.8 Å². The lowest BCUT2D eigenvalue weighted by Gasteiger charge is -2.43. The topological polar surface area (TPSA) is 92.8 Å². The molecule has 0 radical (unpaired) electrons. The lowest BCUT2D eigenvalue weighted by atomic mass is 9.71. The normalized spacial score (nSPS) is 23.2. The Morgan fingerprint density at radius 2 is 1.82 bits per heavy atom. The Morgan fingerprint density at radius 1 is 1.13 bits per heavy atom. The van der Waals surface area contributed by atoms with Crippen molar-refractivity contribution in [1.82, 2.24) is 9.62 Å². The van der Waals surface area contributed by atoms with Crippen molar-refractivity contribution in [3.63, 3.8) is 0 Å². The zero-order valence-corrected chi connectivity index (χ0v) is 24.8. The molecule has 0 aromatic heterocycles. The molecular formula is C29H36Cl2N2O5S. The fraction of sp³-hybridized carbons (Fsp3) is 0.517. The number of halogens is 2. The summed E-state index contributed by atoms with van der Waals surface area (Å²) in [5.41, 5.74) is 2.02. The second kappa shape index (κ2) is 12.6. The van der Waals surface area contributed by atoms with Gasteiger partial charge in [0.25, 0.3) is 0 Å². The highest BCUT2D eigenvalue weighted by molar-refractivity contribution is 7.90. The van der Waals surface area contributed by atoms with Crippen molar-refractivity contribution < 1.29 is 22.7 Å². The third kappa shape index (κ3) is 7.15. The zero-order valence-electron chi connectivity index (χ0n) is 22.5. The number of esters is 1. The van der Waals surface area contributed by atoms with E-state index in [1.54, 1.807) is 20.0 Å². The van der Waals surface area contributed by atoms with Crippen LogP contribution >= 0.6 is 23.2 Å². The number of hydrogen-bond acceptors (Lipinski definition) is 5. The molecule has 5 atom stereocenters. The molecule has 39 heavy (non-hydrogen) atoms. The molecule has 0 spiro atoms. The van der Waals surface area contributed by atoms with Crippen LogP contribution in [0.1, 0.15) is 49.7 Å². The molecule has 4 rings (SSSR count). The standard InChI is InChI=1S/C29H36Cl2N2O5S/c1-18(29(35)38-3)25-16-26(20-5-4-6-23(31)15-20)27(32-28(25)34)21(10-7-19-8-11-22(30)12-9-19)17-33(2)39(36,37)24-13-14-24/h4-6,8-9,11-12,15,18,21,24-27H,7,10,13-14,16-17H2,1-3H3,(H,32,34)/t18?,21-,25-,26+,27+/m0/s1. The quantitative estimate of drug-likeness (QED) is 0.367. The van der Waals surface area contributed by atoms with Crippen molar-refractivity contribution in [2.75, 3.05) is 20.7 Å². The van der Waals surface area contributed by atoms with E-state index >= 15 is 0 Å². The molecule has 1 heterocycles. The van der Waals surface area contributed by atoms with Crippen molar-refractivity contribution in [1.29, 1.82) is 0 Å². The van der Waals surface area contributed by atoms with Gasteiger partial charge in [0.1, 0.15) is 0 Å². The number of nitrogens with one attached hydrogen (secondary N) is 1. The first-order valence-electron chi connectivity index (χ1n) is 13.3. The summed E-state index contributed by atoms with van der Waals surface area (Å²) in [5.74, 6) is -2.23. The average Bonchev–Trinajstić information content (AvgIpc) is 3.77. The van der Waals surface area contributed by atoms with Gasteiger partial charge in [-0.1, -0.05) is 54.4 Å². The van der Waals surface area contributed by atoms with Crippen LogP contribution in [0.2, 0.25) is 10.0 Å². The molecular weight excluding hydrogens is 559 g/mol. The fourth-order valence-electron chi connectivity index (χ4n) is 5.65. The summed E-state index contributed by atoms with van der Waals surface area (Å²) >= 11 is 12.4. The first-order chi connectivity index (χ1) is 18.5. The Morgan fingerprint density at radius 3 is 2.44 bits per heavy atom. The largest absolute Gasteiger partial charge is 0.469 e. The van der Waals surface area contributed by atoms with Crippen molar-refractivity contribution in [3.05, 3.63) is 69.7 Å². The predicted octanol–water partition coefficient (Wildman–Crippen LogP) is 5.06. The van der Waals surface area contributed by atoms with Crippen LogP contribution in [0.15, 0.2) is 48.5 Å². The van der Waals surface area contributed by atoms with Crippen LogP contribution in [0.25, 0.3) is 0 Å². The van der Waals surface area contributed by atoms with Gasteiger partial charge in [-0.15, -0.1) is 0 Å². The molecule has 2 fully saturated rings. The third-order valence-electron chi connectivity index (χ3n) is 8.14. The van der Waals surface area contributed by atoms with Gasteiger partial charge < -0.3 is 10.1 Å². The van der Waals surface area contributed by atoms with E-state index in [0.29, 0.717) is 42.1 Å². The smallest absolute Gasteiger partial charge is 0.309 e. The Labute approximate surface area is 241 Å². The molecule has 212 valence electrons. The zero-order chi connectivity index (χ0) is 28.3. The van der Waals surface area contributed by atoms with Gasteiger partial charge in [0.05, 0.1) is 24.2 Å². The molecule has 1 unspecified atom stereocenters. The van der Waals surface area contributed by atoms with Crippen LogP contribution < -0.4 is 5.32 Å². The summed E-state index contributed by atoms with van der Waals surface area (Å²) in [5, 5.41) is 4.11. The molecule has 2 aromatic rings. The number of methoxy groups -OCH3 is 1. The van der Waals surface area contributed by atoms with Gasteiger partial charge in [-0.3, -0.25) is 9.59 Å². The van der Waals surface area contributed by atoms with Gasteiger partial charge in [-0.25, -0.2) is 12.7 Å². The summed E-state index contributed by atoms with van der Waals surface area (Å²) in [6.07, 6.45) is 3.12. The fourth-order valence-corrected chi connectivity index (χ4v) is 7.61. The maximum Gasteiger partial charge on any atom is 0.309 e. The lowest BCUT2D eigenvalue weighted by Crippen LogP contribution is -2.56. The maximum absolute atomic E-state index is 13.4. The molecule has 1 saturated heterocycles. The minimum Gasteiger partial charge on any atom is -0.469 e. The van der Waals surface area contributed by atoms with E-state index in [1.165, 1.54) is 11.4 Å². The summed E-state index contributed by atoms with van der Waals surface area (Å²) in [6, 6.07) is 14.8. The molecule has 7 nitrogen and oxygen atoms in total. The van der Waals surface area contributed by atoms with Crippen LogP contribution in [0, 0.1) is 17.8 Å². The highest BCUT2D eigenvalue weighted by atomic mass is 35.5. The monoisotopic (exact) mass is 594 g/mol. The number of ether oxygens (including phenoxy) is 1. The van der Waals surface area contributed by atoms with Gasteiger partial charge in [0.2, 0.25) is 15.9 Å². The Hall–Kier alpha value is -2.13. The maximum atomic E-state index is 13.4. The van der Waals surface area contributed by atoms with Crippen LogP contribution in [-0.4, -0.2) is 56.6 Å². The number of benzene rings is 2. The highest BCUT2D eigenvalue weighted by Gasteiger charge is 2.45. The van der Waals surface area contributed by atoms with Gasteiger partial charge >= 0.3 is 5.97 Å². The summed E-state index contributed by atoms with van der Waals surface area (Å²) in [6.45, 7) is 1.98. The molecule has 1 aliphatic carbocycles. The van der Waals surface area contributed by atoms with Crippen LogP contribution in [0.3, 0.4) is 0 Å². The van der Waals surface area contributed by atoms with E-state index < -0.39 is 27.8 Å². The molecule has 1 N–H and O–H groups in total. The van der Waals surface area contributed by atoms with Crippen LogP contribution in [0.5, 0.6) is 0 Å². The number of piperidine rings is 1. The van der Waals surface area contributed by atoms with Gasteiger partial charge in [-0.2, -0.15) is 0 Å². The van der Waals surface area contributed by atoms with Crippen molar-refractivity contribution >= 4 is 45.1 Å². The van der Waals surface area contributed by atoms with Gasteiger partial charge in [-0.05, 0) is 73.4 Å². The Balaban J connectivity index is 1.68. The van der Waals surface area contributed by atoms with Crippen molar-refractivity contribution in [3.8, 4) is 0 Å². The Bertz CT molecular complexity index is 1280. The third-order valence-corrected chi connectivity index (χ3v) is 11.0. The molecule has 10 heteroatoms. The number of rotatable bonds is 11. The SMILES string of the molecule is COC(=O)C(C)[C@@H]1C[C@H](c2cccc(Cl)c2)[C@@H]([C@@H](CCc2ccc(Cl)cc2)CN(C)S(=O)(=O)C2CC2)NC1=O. The van der Waals surface area contributed by atoms with E-state index in [-0.39, 0.29) is 35.6 Å². The number of carbonyl (C=O) groups excluding carboxylic acids is 2. The molecule has 2 aliphatic rings. The summed E-state index contributed by atoms with van der Waals surface area (Å²) in [7, 11) is -0.460. The summed E-state index contributed by atoms with van der Waals surface area (Å²) < 4.78 is 32.6. The van der Waals surface area contributed by atoms with Crippen molar-refractivity contribution in [2.45, 2.75) is 56.2 Å². The average molecular weight is 596 g/mol. The number of aryl methyl sites for hydroxylation is 1. The number of amides is 1. The molecule has 2 aromatic carbocycles. The van der Waals surface area contributed by atoms with E-state index in [0.717, 1.165) is 11.1 Å². The van der Waals surface area contributed by atoms with E-state index in [1.807, 2.05) is 42.5 Å². The molecule has 1 amide bonds. The summed E-state index contributed by atoms with van der Waals surface area (Å²) in [4.78, 5) is 25.8. The van der Waals surface area contributed by atoms with E-state index in [4.69, 9.17) is 27.9 Å². The number of sulfonamides is 1. The minimum atomic E-state index is -3.41. The van der Waals surface area contributed by atoms with Gasteiger partial charge in [0, 0.05) is 35.6 Å². The second-order valence-corrected chi connectivity index (χ2v) is 14.0. The lowest BCUT2D eigenvalue weighted by molar-refractivity contribution is -0.151. The molecule has 1 saturated carbocycles. The Kier molecular flexibility index (Phi) is 9.63. The molecule has 1 aliphatic heterocycles. The number of carbonyl (C=O) groups is 2. The minimum absolute atomic E-state index is 0.175. The highest BCUT2D eigenvalue weighted by Crippen LogP contribution is 2.40. The van der Waals surface area contributed by atoms with Crippen LogP contribution in [0.4, 0.5) is 0 Å². The first-order valence-corrected chi connectivity index (χ1v) is 15.6. The predicted molar refractivity (Wildman–Crippen MR) is 153 cm³/mol. The van der Waals surface area contributed by atoms with E-state index in [2.05, 4.69) is 5.32 Å². The second-order valence-electron chi connectivity index (χ2n) is 10.8. The van der Waals surface area contributed by atoms with Gasteiger partial charge in [0.15, 0.2) is 0 Å². The number of hydrogen-bond donors (Lipinski definition) is 1. The molecule has 0 bridgehead atoms. The van der Waals surface area contributed by atoms with Crippen molar-refractivity contribution in [2.24, 2.45) is 17.8 Å². The first kappa shape index (κ1) is 29.8. The van der Waals surface area contributed by atoms with E-state index in [9.17, 15) is 18.0 Å². The number of nitrogens with zero attached hydrogens (tertiary/aromatic N) is 1.